The number of halogens is 1. The number of rotatable bonds is 11. The van der Waals surface area contributed by atoms with Crippen molar-refractivity contribution in [1.82, 2.24) is 4.31 Å². The fraction of sp³-hybridized carbons (Fsp3) is 0.154. The second-order valence-corrected chi connectivity index (χ2v) is 9.91. The number of carbonyl (C=O) groups is 2. The number of sulfonamides is 1. The minimum absolute atomic E-state index is 0.109. The molecule has 194 valence electrons. The van der Waals surface area contributed by atoms with E-state index in [9.17, 15) is 18.0 Å². The highest BCUT2D eigenvalue weighted by molar-refractivity contribution is 7.89. The summed E-state index contributed by atoms with van der Waals surface area (Å²) < 4.78 is 43.4. The minimum atomic E-state index is -4.28. The molecule has 1 N–H and O–H groups in total. The van der Waals surface area contributed by atoms with E-state index in [0.29, 0.717) is 27.8 Å². The first-order valence-electron chi connectivity index (χ1n) is 10.9. The van der Waals surface area contributed by atoms with Crippen molar-refractivity contribution in [3.63, 3.8) is 0 Å². The Morgan fingerprint density at radius 2 is 1.54 bits per heavy atom. The molecule has 0 radical (unpaired) electrons. The van der Waals surface area contributed by atoms with E-state index in [1.54, 1.807) is 48.5 Å². The zero-order valence-electron chi connectivity index (χ0n) is 20.1. The van der Waals surface area contributed by atoms with E-state index in [4.69, 9.17) is 25.8 Å². The summed E-state index contributed by atoms with van der Waals surface area (Å²) in [7, 11) is -1.78. The maximum absolute atomic E-state index is 13.6. The van der Waals surface area contributed by atoms with Crippen molar-refractivity contribution in [2.75, 3.05) is 26.1 Å². The Morgan fingerprint density at radius 1 is 0.946 bits per heavy atom. The topological polar surface area (TPSA) is 111 Å². The Labute approximate surface area is 220 Å². The van der Waals surface area contributed by atoms with Gasteiger partial charge in [-0.05, 0) is 60.2 Å². The Morgan fingerprint density at radius 3 is 2.14 bits per heavy atom. The lowest BCUT2D eigenvalue weighted by atomic mass is 10.1. The van der Waals surface area contributed by atoms with Crippen LogP contribution in [0.5, 0.6) is 11.5 Å². The van der Waals surface area contributed by atoms with Crippen LogP contribution in [-0.4, -0.2) is 45.4 Å². The van der Waals surface area contributed by atoms with Gasteiger partial charge in [-0.1, -0.05) is 36.4 Å². The van der Waals surface area contributed by atoms with Crippen LogP contribution in [0.2, 0.25) is 5.02 Å². The molecule has 3 aromatic carbocycles. The van der Waals surface area contributed by atoms with E-state index >= 15 is 0 Å². The number of benzene rings is 3. The smallest absolute Gasteiger partial charge is 0.354 e. The van der Waals surface area contributed by atoms with Gasteiger partial charge < -0.3 is 19.5 Å². The molecule has 11 heteroatoms. The van der Waals surface area contributed by atoms with Crippen LogP contribution in [-0.2, 0) is 35.6 Å². The van der Waals surface area contributed by atoms with Crippen molar-refractivity contribution < 1.29 is 32.2 Å². The number of hydrogen-bond donors (Lipinski definition) is 1. The van der Waals surface area contributed by atoms with Gasteiger partial charge in [0.05, 0.1) is 18.6 Å². The molecular formula is C26H25ClN2O7S. The number of nitrogens with one attached hydrogen (secondary N) is 1. The van der Waals surface area contributed by atoms with E-state index in [2.05, 4.69) is 11.9 Å². The summed E-state index contributed by atoms with van der Waals surface area (Å²) in [6.07, 6.45) is 0. The maximum Gasteiger partial charge on any atom is 0.354 e. The molecule has 0 atom stereocenters. The fourth-order valence-electron chi connectivity index (χ4n) is 3.24. The standard InChI is InChI=1S/C26H25ClN2O7S/c1-18(26(31)35-3)29(16-19-6-4-5-7-24(19)28-25(30)17-34-2)37(32,33)23-14-12-22(13-15-23)36-21-10-8-20(27)9-11-21/h4-15H,1,16-17H2,2-3H3,(H,28,30). The van der Waals surface area contributed by atoms with Crippen LogP contribution < -0.4 is 10.1 Å². The molecule has 0 aliphatic heterocycles. The monoisotopic (exact) mass is 544 g/mol. The van der Waals surface area contributed by atoms with Crippen LogP contribution in [0.1, 0.15) is 5.56 Å². The molecule has 0 heterocycles. The molecule has 3 rings (SSSR count). The molecule has 0 aliphatic carbocycles. The van der Waals surface area contributed by atoms with E-state index in [1.807, 2.05) is 0 Å². The van der Waals surface area contributed by atoms with E-state index in [0.717, 1.165) is 11.4 Å². The van der Waals surface area contributed by atoms with Gasteiger partial charge in [-0.25, -0.2) is 13.2 Å². The van der Waals surface area contributed by atoms with Crippen molar-refractivity contribution in [2.24, 2.45) is 0 Å². The lowest BCUT2D eigenvalue weighted by molar-refractivity contribution is -0.137. The Bertz CT molecular complexity index is 1370. The lowest BCUT2D eigenvalue weighted by Gasteiger charge is -2.26. The second-order valence-electron chi connectivity index (χ2n) is 7.62. The number of methoxy groups -OCH3 is 2. The van der Waals surface area contributed by atoms with Crippen LogP contribution in [0.15, 0.2) is 90.0 Å². The first-order valence-corrected chi connectivity index (χ1v) is 12.7. The molecule has 0 saturated carbocycles. The Hall–Kier alpha value is -3.86. The Kier molecular flexibility index (Phi) is 9.29. The van der Waals surface area contributed by atoms with Crippen LogP contribution in [0.25, 0.3) is 0 Å². The number of anilines is 1. The maximum atomic E-state index is 13.6. The molecule has 0 saturated heterocycles. The summed E-state index contributed by atoms with van der Waals surface area (Å²) in [6, 6.07) is 19.0. The number of amides is 1. The molecule has 0 aliphatic rings. The number of ether oxygens (including phenoxy) is 3. The summed E-state index contributed by atoms with van der Waals surface area (Å²) in [4.78, 5) is 24.3. The van der Waals surface area contributed by atoms with Crippen molar-refractivity contribution in [3.05, 3.63) is 95.7 Å². The third-order valence-electron chi connectivity index (χ3n) is 5.06. The molecule has 0 unspecified atom stereocenters. The molecule has 9 nitrogen and oxygen atoms in total. The van der Waals surface area contributed by atoms with Gasteiger partial charge in [-0.15, -0.1) is 0 Å². The van der Waals surface area contributed by atoms with Gasteiger partial charge >= 0.3 is 5.97 Å². The van der Waals surface area contributed by atoms with Gasteiger partial charge in [0.15, 0.2) is 0 Å². The van der Waals surface area contributed by atoms with E-state index in [-0.39, 0.29) is 18.0 Å². The molecule has 0 aromatic heterocycles. The normalized spacial score (nSPS) is 10.9. The fourth-order valence-corrected chi connectivity index (χ4v) is 4.78. The number of nitrogens with zero attached hydrogens (tertiary/aromatic N) is 1. The highest BCUT2D eigenvalue weighted by Gasteiger charge is 2.30. The zero-order valence-corrected chi connectivity index (χ0v) is 21.7. The predicted molar refractivity (Wildman–Crippen MR) is 139 cm³/mol. The molecular weight excluding hydrogens is 520 g/mol. The third kappa shape index (κ3) is 7.10. The molecule has 3 aromatic rings. The van der Waals surface area contributed by atoms with Crippen molar-refractivity contribution in [1.29, 1.82) is 0 Å². The minimum Gasteiger partial charge on any atom is -0.464 e. The van der Waals surface area contributed by atoms with Crippen LogP contribution in [0.4, 0.5) is 5.69 Å². The van der Waals surface area contributed by atoms with Crippen molar-refractivity contribution in [3.8, 4) is 11.5 Å². The summed E-state index contributed by atoms with van der Waals surface area (Å²) in [6.45, 7) is 3.16. The first-order chi connectivity index (χ1) is 17.6. The number of esters is 1. The SMILES string of the molecule is C=C(C(=O)OC)N(Cc1ccccc1NC(=O)COC)S(=O)(=O)c1ccc(Oc2ccc(Cl)cc2)cc1. The number of para-hydroxylation sites is 1. The molecule has 0 bridgehead atoms. The van der Waals surface area contributed by atoms with Crippen LogP contribution in [0.3, 0.4) is 0 Å². The lowest BCUT2D eigenvalue weighted by Crippen LogP contribution is -2.33. The zero-order chi connectivity index (χ0) is 27.0. The van der Waals surface area contributed by atoms with Crippen molar-refractivity contribution in [2.45, 2.75) is 11.4 Å². The highest BCUT2D eigenvalue weighted by Crippen LogP contribution is 2.29. The van der Waals surface area contributed by atoms with Gasteiger partial charge in [0.25, 0.3) is 10.0 Å². The largest absolute Gasteiger partial charge is 0.464 e. The van der Waals surface area contributed by atoms with Gasteiger partial charge in [0.1, 0.15) is 23.8 Å². The predicted octanol–water partition coefficient (Wildman–Crippen LogP) is 4.59. The molecule has 37 heavy (non-hydrogen) atoms. The summed E-state index contributed by atoms with van der Waals surface area (Å²) in [5.74, 6) is -0.432. The second kappa shape index (κ2) is 12.4. The van der Waals surface area contributed by atoms with E-state index in [1.165, 1.54) is 31.4 Å². The number of hydrogen-bond acceptors (Lipinski definition) is 7. The summed E-state index contributed by atoms with van der Waals surface area (Å²) >= 11 is 5.89. The third-order valence-corrected chi connectivity index (χ3v) is 7.11. The van der Waals surface area contributed by atoms with Crippen LogP contribution >= 0.6 is 11.6 Å². The molecule has 1 amide bonds. The summed E-state index contributed by atoms with van der Waals surface area (Å²) in [5, 5.41) is 3.22. The van der Waals surface area contributed by atoms with Gasteiger partial charge in [-0.3, -0.25) is 9.10 Å². The Balaban J connectivity index is 1.92. The van der Waals surface area contributed by atoms with Gasteiger partial charge in [0, 0.05) is 17.8 Å². The molecule has 0 fully saturated rings. The quantitative estimate of drug-likeness (QED) is 0.277. The van der Waals surface area contributed by atoms with Gasteiger partial charge in [-0.2, -0.15) is 0 Å². The summed E-state index contributed by atoms with van der Waals surface area (Å²) in [5.41, 5.74) is 0.374. The highest BCUT2D eigenvalue weighted by atomic mass is 35.5. The van der Waals surface area contributed by atoms with Crippen LogP contribution in [0, 0.1) is 0 Å². The van der Waals surface area contributed by atoms with E-state index < -0.39 is 27.6 Å². The first kappa shape index (κ1) is 27.7. The molecule has 0 spiro atoms. The van der Waals surface area contributed by atoms with Crippen molar-refractivity contribution >= 4 is 39.2 Å². The average molecular weight is 545 g/mol. The average Bonchev–Trinajstić information content (AvgIpc) is 2.89. The van der Waals surface area contributed by atoms with Gasteiger partial charge in [0.2, 0.25) is 5.91 Å². The number of carbonyl (C=O) groups excluding carboxylic acids is 2.